The molecular formula is C24H27N7O4. The molecule has 2 atom stereocenters. The molecule has 0 aliphatic carbocycles. The molecule has 0 radical (unpaired) electrons. The number of tetrazole rings is 1. The van der Waals surface area contributed by atoms with Crippen LogP contribution in [0.25, 0.3) is 5.82 Å². The molecule has 1 fully saturated rings. The van der Waals surface area contributed by atoms with E-state index in [-0.39, 0.29) is 24.4 Å². The van der Waals surface area contributed by atoms with Crippen LogP contribution < -0.4 is 0 Å². The van der Waals surface area contributed by atoms with Gasteiger partial charge in [-0.25, -0.2) is 9.78 Å². The standard InChI is InChI=1S/C24H27N7O4/c1-16-10-19-12-18(3-4-20(19)24(34)35-16)21(32)14-29-6-8-30(9-7-29)23(33)11-17-2-5-22(25-13-17)31-15-26-27-28-31/h2-5,12-13,15-16,21,32H,6-11,14H2,1H3/t16-,21?/m1/s1. The van der Waals surface area contributed by atoms with Gasteiger partial charge in [0.15, 0.2) is 5.82 Å². The van der Waals surface area contributed by atoms with E-state index in [4.69, 9.17) is 4.74 Å². The molecule has 182 valence electrons. The average Bonchev–Trinajstić information content (AvgIpc) is 3.39. The number of amides is 1. The van der Waals surface area contributed by atoms with E-state index >= 15 is 0 Å². The Hall–Kier alpha value is -3.70. The number of pyridine rings is 1. The van der Waals surface area contributed by atoms with Crippen LogP contribution in [0.2, 0.25) is 0 Å². The second kappa shape index (κ2) is 9.88. The first-order valence-corrected chi connectivity index (χ1v) is 11.7. The number of aromatic nitrogens is 5. The zero-order valence-electron chi connectivity index (χ0n) is 19.4. The van der Waals surface area contributed by atoms with Crippen LogP contribution >= 0.6 is 0 Å². The van der Waals surface area contributed by atoms with Crippen molar-refractivity contribution in [2.24, 2.45) is 0 Å². The third-order valence-electron chi connectivity index (χ3n) is 6.45. The smallest absolute Gasteiger partial charge is 0.338 e. The number of rotatable bonds is 6. The summed E-state index contributed by atoms with van der Waals surface area (Å²) < 4.78 is 6.72. The SMILES string of the molecule is C[C@@H]1Cc2cc(C(O)CN3CCN(C(=O)Cc4ccc(-n5cnnn5)nc4)CC3)ccc2C(=O)O1. The van der Waals surface area contributed by atoms with Crippen LogP contribution in [-0.2, 0) is 22.4 Å². The van der Waals surface area contributed by atoms with Crippen molar-refractivity contribution in [2.75, 3.05) is 32.7 Å². The molecule has 0 spiro atoms. The minimum atomic E-state index is -0.666. The number of piperazine rings is 1. The lowest BCUT2D eigenvalue weighted by Crippen LogP contribution is -2.50. The number of fused-ring (bicyclic) bond motifs is 1. The number of ether oxygens (including phenoxy) is 1. The van der Waals surface area contributed by atoms with E-state index in [1.54, 1.807) is 24.4 Å². The van der Waals surface area contributed by atoms with Gasteiger partial charge >= 0.3 is 5.97 Å². The van der Waals surface area contributed by atoms with E-state index in [2.05, 4.69) is 25.4 Å². The molecule has 11 heteroatoms. The fraction of sp³-hybridized carbons (Fsp3) is 0.417. The van der Waals surface area contributed by atoms with Crippen LogP contribution in [0.1, 0.15) is 40.1 Å². The predicted molar refractivity (Wildman–Crippen MR) is 124 cm³/mol. The van der Waals surface area contributed by atoms with E-state index in [0.29, 0.717) is 50.5 Å². The third-order valence-corrected chi connectivity index (χ3v) is 6.45. The lowest BCUT2D eigenvalue weighted by molar-refractivity contribution is -0.132. The van der Waals surface area contributed by atoms with Crippen molar-refractivity contribution >= 4 is 11.9 Å². The second-order valence-corrected chi connectivity index (χ2v) is 8.99. The fourth-order valence-corrected chi connectivity index (χ4v) is 4.53. The number of cyclic esters (lactones) is 1. The van der Waals surface area contributed by atoms with Crippen molar-refractivity contribution in [2.45, 2.75) is 32.0 Å². The van der Waals surface area contributed by atoms with Gasteiger partial charge in [-0.15, -0.1) is 5.10 Å². The largest absolute Gasteiger partial charge is 0.459 e. The Bertz CT molecular complexity index is 1190. The summed E-state index contributed by atoms with van der Waals surface area (Å²) in [5.41, 5.74) is 3.12. The van der Waals surface area contributed by atoms with Gasteiger partial charge < -0.3 is 14.7 Å². The van der Waals surface area contributed by atoms with Crippen molar-refractivity contribution in [3.05, 3.63) is 65.1 Å². The lowest BCUT2D eigenvalue weighted by Gasteiger charge is -2.36. The molecular weight excluding hydrogens is 450 g/mol. The van der Waals surface area contributed by atoms with Gasteiger partial charge in [0.1, 0.15) is 12.4 Å². The normalized spacial score (nSPS) is 19.2. The molecule has 1 N–H and O–H groups in total. The molecule has 1 unspecified atom stereocenters. The quantitative estimate of drug-likeness (QED) is 0.507. The fourth-order valence-electron chi connectivity index (χ4n) is 4.53. The number of β-amino-alcohol motifs (C(OH)–C–C–N with tert-alkyl or cyclic N) is 1. The molecule has 1 amide bonds. The van der Waals surface area contributed by atoms with Crippen LogP contribution in [0.4, 0.5) is 0 Å². The Morgan fingerprint density at radius 1 is 1.20 bits per heavy atom. The number of hydrogen-bond donors (Lipinski definition) is 1. The van der Waals surface area contributed by atoms with Gasteiger partial charge in [0.05, 0.1) is 18.1 Å². The van der Waals surface area contributed by atoms with Crippen molar-refractivity contribution < 1.29 is 19.4 Å². The van der Waals surface area contributed by atoms with Gasteiger partial charge in [-0.1, -0.05) is 18.2 Å². The minimum absolute atomic E-state index is 0.0536. The van der Waals surface area contributed by atoms with Gasteiger partial charge in [0, 0.05) is 45.3 Å². The van der Waals surface area contributed by atoms with Crippen LogP contribution in [0.3, 0.4) is 0 Å². The van der Waals surface area contributed by atoms with Gasteiger partial charge in [-0.2, -0.15) is 4.68 Å². The number of hydrogen-bond acceptors (Lipinski definition) is 9. The zero-order chi connectivity index (χ0) is 24.4. The van der Waals surface area contributed by atoms with Crippen molar-refractivity contribution in [1.29, 1.82) is 0 Å². The molecule has 2 aromatic heterocycles. The molecule has 1 aromatic carbocycles. The number of aliphatic hydroxyl groups excluding tert-OH is 1. The van der Waals surface area contributed by atoms with E-state index in [9.17, 15) is 14.7 Å². The van der Waals surface area contributed by atoms with E-state index < -0.39 is 6.10 Å². The number of carbonyl (C=O) groups is 2. The summed E-state index contributed by atoms with van der Waals surface area (Å²) >= 11 is 0. The summed E-state index contributed by atoms with van der Waals surface area (Å²) in [5.74, 6) is 0.337. The molecule has 0 bridgehead atoms. The summed E-state index contributed by atoms with van der Waals surface area (Å²) in [7, 11) is 0. The maximum atomic E-state index is 12.8. The molecule has 3 aromatic rings. The Morgan fingerprint density at radius 3 is 2.74 bits per heavy atom. The van der Waals surface area contributed by atoms with Crippen LogP contribution in [-0.4, -0.2) is 90.8 Å². The molecule has 4 heterocycles. The highest BCUT2D eigenvalue weighted by atomic mass is 16.5. The van der Waals surface area contributed by atoms with Crippen molar-refractivity contribution in [3.8, 4) is 5.82 Å². The Morgan fingerprint density at radius 2 is 2.03 bits per heavy atom. The molecule has 1 saturated heterocycles. The van der Waals surface area contributed by atoms with E-state index in [0.717, 1.165) is 16.7 Å². The number of carbonyl (C=O) groups excluding carboxylic acids is 2. The highest BCUT2D eigenvalue weighted by molar-refractivity contribution is 5.92. The highest BCUT2D eigenvalue weighted by Gasteiger charge is 2.26. The number of nitrogens with zero attached hydrogens (tertiary/aromatic N) is 7. The monoisotopic (exact) mass is 477 g/mol. The first-order chi connectivity index (χ1) is 17.0. The Labute approximate surface area is 202 Å². The molecule has 11 nitrogen and oxygen atoms in total. The third kappa shape index (κ3) is 5.20. The number of aliphatic hydroxyl groups is 1. The summed E-state index contributed by atoms with van der Waals surface area (Å²) in [4.78, 5) is 33.1. The van der Waals surface area contributed by atoms with Crippen LogP contribution in [0.5, 0.6) is 0 Å². The molecule has 0 saturated carbocycles. The Balaban J connectivity index is 1.12. The molecule has 35 heavy (non-hydrogen) atoms. The molecule has 5 rings (SSSR count). The summed E-state index contributed by atoms with van der Waals surface area (Å²) in [6.45, 7) is 4.93. The Kier molecular flexibility index (Phi) is 6.51. The predicted octanol–water partition coefficient (Wildman–Crippen LogP) is 0.579. The summed E-state index contributed by atoms with van der Waals surface area (Å²) in [5, 5.41) is 21.8. The average molecular weight is 478 g/mol. The maximum absolute atomic E-state index is 12.8. The van der Waals surface area contributed by atoms with Crippen molar-refractivity contribution in [3.63, 3.8) is 0 Å². The van der Waals surface area contributed by atoms with Crippen LogP contribution in [0.15, 0.2) is 42.9 Å². The molecule has 2 aliphatic rings. The maximum Gasteiger partial charge on any atom is 0.338 e. The second-order valence-electron chi connectivity index (χ2n) is 8.99. The summed E-state index contributed by atoms with van der Waals surface area (Å²) in [6.07, 6.45) is 3.24. The topological polar surface area (TPSA) is 127 Å². The zero-order valence-corrected chi connectivity index (χ0v) is 19.4. The first-order valence-electron chi connectivity index (χ1n) is 11.7. The van der Waals surface area contributed by atoms with Crippen molar-refractivity contribution in [1.82, 2.24) is 35.0 Å². The minimum Gasteiger partial charge on any atom is -0.459 e. The van der Waals surface area contributed by atoms with E-state index in [1.165, 1.54) is 11.0 Å². The first kappa shape index (κ1) is 23.1. The van der Waals surface area contributed by atoms with Gasteiger partial charge in [0.25, 0.3) is 0 Å². The number of benzene rings is 1. The van der Waals surface area contributed by atoms with E-state index in [1.807, 2.05) is 24.0 Å². The van der Waals surface area contributed by atoms with Crippen LogP contribution in [0, 0.1) is 0 Å². The summed E-state index contributed by atoms with van der Waals surface area (Å²) in [6, 6.07) is 9.08. The lowest BCUT2D eigenvalue weighted by atomic mass is 9.95. The van der Waals surface area contributed by atoms with Gasteiger partial charge in [0.2, 0.25) is 5.91 Å². The van der Waals surface area contributed by atoms with Gasteiger partial charge in [-0.3, -0.25) is 9.69 Å². The number of esters is 1. The highest BCUT2D eigenvalue weighted by Crippen LogP contribution is 2.25. The molecule has 2 aliphatic heterocycles. The van der Waals surface area contributed by atoms with Gasteiger partial charge in [-0.05, 0) is 46.2 Å².